The van der Waals surface area contributed by atoms with Crippen LogP contribution in [0.4, 0.5) is 5.82 Å². The van der Waals surface area contributed by atoms with E-state index in [0.29, 0.717) is 0 Å². The zero-order chi connectivity index (χ0) is 13.9. The van der Waals surface area contributed by atoms with Gasteiger partial charge in [0.15, 0.2) is 0 Å². The van der Waals surface area contributed by atoms with Gasteiger partial charge < -0.3 is 10.4 Å². The summed E-state index contributed by atoms with van der Waals surface area (Å²) in [6.45, 7) is 1.66. The highest BCUT2D eigenvalue weighted by Crippen LogP contribution is 2.15. The Bertz CT molecular complexity index is 559. The van der Waals surface area contributed by atoms with E-state index < -0.39 is 21.8 Å². The average molecular weight is 293 g/mol. The smallest absolute Gasteiger partial charge is 0.335 e. The van der Waals surface area contributed by atoms with Gasteiger partial charge in [0.25, 0.3) is 0 Å². The highest BCUT2D eigenvalue weighted by molar-refractivity contribution is 7.90. The number of halogens is 1. The van der Waals surface area contributed by atoms with E-state index in [1.54, 1.807) is 6.92 Å². The highest BCUT2D eigenvalue weighted by atomic mass is 35.5. The molecule has 1 rings (SSSR count). The van der Waals surface area contributed by atoms with E-state index in [4.69, 9.17) is 16.7 Å². The number of anilines is 1. The third kappa shape index (κ3) is 4.89. The topological polar surface area (TPSA) is 96.4 Å². The van der Waals surface area contributed by atoms with Gasteiger partial charge in [0, 0.05) is 12.3 Å². The van der Waals surface area contributed by atoms with Crippen LogP contribution in [0.1, 0.15) is 17.3 Å². The van der Waals surface area contributed by atoms with E-state index in [-0.39, 0.29) is 22.3 Å². The molecule has 0 aliphatic carbocycles. The number of nitrogens with one attached hydrogen (secondary N) is 1. The molecule has 0 aliphatic rings. The van der Waals surface area contributed by atoms with Gasteiger partial charge in [-0.25, -0.2) is 18.2 Å². The first kappa shape index (κ1) is 14.7. The van der Waals surface area contributed by atoms with Crippen molar-refractivity contribution in [2.75, 3.05) is 17.3 Å². The maximum Gasteiger partial charge on any atom is 0.335 e. The molecule has 1 atom stereocenters. The van der Waals surface area contributed by atoms with Gasteiger partial charge in [-0.05, 0) is 19.1 Å². The Labute approximate surface area is 110 Å². The highest BCUT2D eigenvalue weighted by Gasteiger charge is 2.13. The van der Waals surface area contributed by atoms with Crippen molar-refractivity contribution in [1.82, 2.24) is 4.98 Å². The predicted molar refractivity (Wildman–Crippen MR) is 69.0 cm³/mol. The molecule has 1 aromatic heterocycles. The summed E-state index contributed by atoms with van der Waals surface area (Å²) in [4.78, 5) is 14.7. The van der Waals surface area contributed by atoms with Crippen molar-refractivity contribution in [2.45, 2.75) is 13.0 Å². The molecule has 1 unspecified atom stereocenters. The van der Waals surface area contributed by atoms with Gasteiger partial charge in [-0.3, -0.25) is 0 Å². The average Bonchev–Trinajstić information content (AvgIpc) is 2.12. The minimum atomic E-state index is -3.12. The summed E-state index contributed by atoms with van der Waals surface area (Å²) in [5.74, 6) is -0.974. The number of aromatic nitrogens is 1. The second-order valence-electron chi connectivity index (χ2n) is 4.01. The number of carboxylic acid groups (broad SMARTS) is 1. The fourth-order valence-electron chi connectivity index (χ4n) is 1.44. The summed E-state index contributed by atoms with van der Waals surface area (Å²) >= 11 is 5.68. The molecule has 0 bridgehead atoms. The van der Waals surface area contributed by atoms with Gasteiger partial charge in [0.1, 0.15) is 20.8 Å². The lowest BCUT2D eigenvalue weighted by atomic mass is 10.2. The number of rotatable bonds is 5. The van der Waals surface area contributed by atoms with Gasteiger partial charge in [-0.2, -0.15) is 0 Å². The number of pyridine rings is 1. The van der Waals surface area contributed by atoms with Gasteiger partial charge in [0.2, 0.25) is 0 Å². The second kappa shape index (κ2) is 5.53. The number of aromatic carboxylic acids is 1. The lowest BCUT2D eigenvalue weighted by Gasteiger charge is -2.13. The monoisotopic (exact) mass is 292 g/mol. The van der Waals surface area contributed by atoms with Crippen molar-refractivity contribution in [3.8, 4) is 0 Å². The Balaban J connectivity index is 2.88. The number of carboxylic acids is 1. The summed E-state index contributed by atoms with van der Waals surface area (Å²) in [6, 6.07) is 2.12. The van der Waals surface area contributed by atoms with Crippen LogP contribution in [0.25, 0.3) is 0 Å². The van der Waals surface area contributed by atoms with Crippen molar-refractivity contribution in [2.24, 2.45) is 0 Å². The Morgan fingerprint density at radius 1 is 1.56 bits per heavy atom. The molecule has 0 aliphatic heterocycles. The van der Waals surface area contributed by atoms with E-state index in [1.807, 2.05) is 0 Å². The number of sulfone groups is 1. The molecule has 0 fully saturated rings. The molecule has 0 amide bonds. The molecule has 6 nitrogen and oxygen atoms in total. The van der Waals surface area contributed by atoms with Crippen molar-refractivity contribution in [3.63, 3.8) is 0 Å². The zero-order valence-electron chi connectivity index (χ0n) is 9.84. The molecular weight excluding hydrogens is 280 g/mol. The third-order valence-corrected chi connectivity index (χ3v) is 3.29. The van der Waals surface area contributed by atoms with E-state index >= 15 is 0 Å². The van der Waals surface area contributed by atoms with Gasteiger partial charge >= 0.3 is 5.97 Å². The lowest BCUT2D eigenvalue weighted by Crippen LogP contribution is -2.25. The van der Waals surface area contributed by atoms with Crippen molar-refractivity contribution < 1.29 is 18.3 Å². The minimum absolute atomic E-state index is 0.0101. The van der Waals surface area contributed by atoms with Crippen LogP contribution in [0.5, 0.6) is 0 Å². The standard InChI is InChI=1S/C10H13ClN2O4S/c1-6(5-18(2,16)17)12-9-4-7(10(14)15)3-8(11)13-9/h3-4,6H,5H2,1-2H3,(H,12,13)(H,14,15). The van der Waals surface area contributed by atoms with E-state index in [0.717, 1.165) is 6.26 Å². The molecule has 100 valence electrons. The second-order valence-corrected chi connectivity index (χ2v) is 6.58. The SMILES string of the molecule is CC(CS(C)(=O)=O)Nc1cc(C(=O)O)cc(Cl)n1. The first-order chi connectivity index (χ1) is 8.17. The predicted octanol–water partition coefficient (Wildman–Crippen LogP) is 1.28. The molecule has 2 N–H and O–H groups in total. The van der Waals surface area contributed by atoms with E-state index in [9.17, 15) is 13.2 Å². The largest absolute Gasteiger partial charge is 0.478 e. The molecule has 18 heavy (non-hydrogen) atoms. The van der Waals surface area contributed by atoms with Crippen LogP contribution in [0.3, 0.4) is 0 Å². The molecule has 0 saturated heterocycles. The molecule has 1 aromatic rings. The van der Waals surface area contributed by atoms with Crippen LogP contribution in [0, 0.1) is 0 Å². The number of carbonyl (C=O) groups is 1. The van der Waals surface area contributed by atoms with Crippen LogP contribution in [-0.2, 0) is 9.84 Å². The lowest BCUT2D eigenvalue weighted by molar-refractivity contribution is 0.0696. The van der Waals surface area contributed by atoms with Gasteiger partial charge in [0.05, 0.1) is 11.3 Å². The van der Waals surface area contributed by atoms with E-state index in [1.165, 1.54) is 12.1 Å². The van der Waals surface area contributed by atoms with Crippen molar-refractivity contribution in [3.05, 3.63) is 22.8 Å². The molecule has 8 heteroatoms. The Hall–Kier alpha value is -1.34. The van der Waals surface area contributed by atoms with Crippen LogP contribution in [-0.4, -0.2) is 42.5 Å². The van der Waals surface area contributed by atoms with Crippen LogP contribution in [0.2, 0.25) is 5.15 Å². The number of hydrogen-bond acceptors (Lipinski definition) is 5. The minimum Gasteiger partial charge on any atom is -0.478 e. The Morgan fingerprint density at radius 3 is 2.67 bits per heavy atom. The molecule has 0 radical (unpaired) electrons. The third-order valence-electron chi connectivity index (χ3n) is 1.99. The summed E-state index contributed by atoms with van der Waals surface area (Å²) < 4.78 is 22.2. The number of hydrogen-bond donors (Lipinski definition) is 2. The van der Waals surface area contributed by atoms with Crippen LogP contribution in [0.15, 0.2) is 12.1 Å². The molecular formula is C10H13ClN2O4S. The first-order valence-corrected chi connectivity index (χ1v) is 7.46. The first-order valence-electron chi connectivity index (χ1n) is 5.02. The maximum atomic E-state index is 11.1. The molecule has 0 saturated carbocycles. The summed E-state index contributed by atoms with van der Waals surface area (Å²) in [7, 11) is -3.12. The summed E-state index contributed by atoms with van der Waals surface area (Å²) in [5, 5.41) is 11.7. The Morgan fingerprint density at radius 2 is 2.17 bits per heavy atom. The van der Waals surface area contributed by atoms with E-state index in [2.05, 4.69) is 10.3 Å². The van der Waals surface area contributed by atoms with Crippen molar-refractivity contribution >= 4 is 33.2 Å². The van der Waals surface area contributed by atoms with Crippen LogP contribution >= 0.6 is 11.6 Å². The summed E-state index contributed by atoms with van der Waals surface area (Å²) in [6.07, 6.45) is 1.12. The van der Waals surface area contributed by atoms with Crippen molar-refractivity contribution in [1.29, 1.82) is 0 Å². The fourth-order valence-corrected chi connectivity index (χ4v) is 2.64. The van der Waals surface area contributed by atoms with Gasteiger partial charge in [-0.1, -0.05) is 11.6 Å². The Kier molecular flexibility index (Phi) is 4.53. The number of nitrogens with zero attached hydrogens (tertiary/aromatic N) is 1. The molecule has 0 spiro atoms. The molecule has 0 aromatic carbocycles. The van der Waals surface area contributed by atoms with Gasteiger partial charge in [-0.15, -0.1) is 0 Å². The van der Waals surface area contributed by atoms with Crippen LogP contribution < -0.4 is 5.32 Å². The summed E-state index contributed by atoms with van der Waals surface area (Å²) in [5.41, 5.74) is -0.0101. The quantitative estimate of drug-likeness (QED) is 0.794. The maximum absolute atomic E-state index is 11.1. The molecule has 1 heterocycles. The fraction of sp³-hybridized carbons (Fsp3) is 0.400. The normalized spacial score (nSPS) is 13.1. The zero-order valence-corrected chi connectivity index (χ0v) is 11.4.